The molecule has 2 aliphatic rings. The van der Waals surface area contributed by atoms with Crippen molar-refractivity contribution in [3.63, 3.8) is 0 Å². The van der Waals surface area contributed by atoms with Crippen LogP contribution in [0.5, 0.6) is 0 Å². The van der Waals surface area contributed by atoms with Gasteiger partial charge < -0.3 is 0 Å². The Balaban J connectivity index is 1.82. The van der Waals surface area contributed by atoms with E-state index in [1.807, 2.05) is 0 Å². The third-order valence-electron chi connectivity index (χ3n) is 3.75. The van der Waals surface area contributed by atoms with Gasteiger partial charge >= 0.3 is 0 Å². The van der Waals surface area contributed by atoms with Crippen LogP contribution in [0.2, 0.25) is 0 Å². The number of hydrogen-bond acceptors (Lipinski definition) is 0. The predicted octanol–water partition coefficient (Wildman–Crippen LogP) is 3.47. The quantitative estimate of drug-likeness (QED) is 0.568. The molecule has 0 nitrogen and oxygen atoms in total. The van der Waals surface area contributed by atoms with Crippen LogP contribution < -0.4 is 0 Å². The molecule has 2 saturated carbocycles. The lowest BCUT2D eigenvalue weighted by Crippen LogP contribution is -2.04. The van der Waals surface area contributed by atoms with Crippen LogP contribution in [0.3, 0.4) is 0 Å². The molecule has 0 amide bonds. The monoisotopic (exact) mass is 152 g/mol. The Morgan fingerprint density at radius 2 is 1.55 bits per heavy atom. The van der Waals surface area contributed by atoms with Gasteiger partial charge in [-0.2, -0.15) is 0 Å². The Morgan fingerprint density at radius 1 is 0.909 bits per heavy atom. The van der Waals surface area contributed by atoms with Crippen LogP contribution in [0.1, 0.15) is 46.0 Å². The topological polar surface area (TPSA) is 0 Å². The minimum Gasteiger partial charge on any atom is -0.0625 e. The first-order valence-corrected chi connectivity index (χ1v) is 5.27. The van der Waals surface area contributed by atoms with Crippen molar-refractivity contribution in [1.29, 1.82) is 0 Å². The van der Waals surface area contributed by atoms with Crippen molar-refractivity contribution < 1.29 is 0 Å². The second kappa shape index (κ2) is 2.80. The second-order valence-corrected chi connectivity index (χ2v) is 4.91. The lowest BCUT2D eigenvalue weighted by Gasteiger charge is -2.13. The molecule has 2 unspecified atom stereocenters. The first kappa shape index (κ1) is 7.64. The summed E-state index contributed by atoms with van der Waals surface area (Å²) in [6.07, 6.45) is 7.74. The summed E-state index contributed by atoms with van der Waals surface area (Å²) >= 11 is 0. The summed E-state index contributed by atoms with van der Waals surface area (Å²) in [5, 5.41) is 0. The molecule has 0 N–H and O–H groups in total. The molecule has 2 fully saturated rings. The smallest absolute Gasteiger partial charge is 0.0383 e. The van der Waals surface area contributed by atoms with E-state index in [9.17, 15) is 0 Å². The molecule has 0 bridgehead atoms. The molecule has 2 rings (SSSR count). The summed E-state index contributed by atoms with van der Waals surface area (Å²) in [5.74, 6) is 4.32. The highest BCUT2D eigenvalue weighted by Crippen LogP contribution is 2.48. The van der Waals surface area contributed by atoms with Crippen molar-refractivity contribution in [2.75, 3.05) is 0 Å². The highest BCUT2D eigenvalue weighted by Gasteiger charge is 2.37. The average molecular weight is 152 g/mol. The molecular formula is C11H20. The summed E-state index contributed by atoms with van der Waals surface area (Å²) in [7, 11) is 0. The number of hydrogen-bond donors (Lipinski definition) is 0. The fourth-order valence-corrected chi connectivity index (χ4v) is 2.65. The molecule has 0 aliphatic heterocycles. The summed E-state index contributed by atoms with van der Waals surface area (Å²) in [6, 6.07) is 0. The van der Waals surface area contributed by atoms with Crippen LogP contribution in [-0.4, -0.2) is 0 Å². The molecule has 0 aromatic rings. The van der Waals surface area contributed by atoms with Gasteiger partial charge in [-0.1, -0.05) is 13.8 Å². The number of rotatable bonds is 2. The SMILES string of the molecule is CC(C)C1CCC(C2CC2)C1. The molecule has 0 radical (unpaired) electrons. The van der Waals surface area contributed by atoms with Crippen LogP contribution in [0, 0.1) is 23.7 Å². The average Bonchev–Trinajstić information content (AvgIpc) is 2.68. The molecular weight excluding hydrogens is 132 g/mol. The maximum absolute atomic E-state index is 2.39. The zero-order valence-corrected chi connectivity index (χ0v) is 7.84. The lowest BCUT2D eigenvalue weighted by atomic mass is 9.92. The van der Waals surface area contributed by atoms with Crippen molar-refractivity contribution in [3.8, 4) is 0 Å². The molecule has 64 valence electrons. The van der Waals surface area contributed by atoms with Gasteiger partial charge in [0.1, 0.15) is 0 Å². The Hall–Kier alpha value is 0. The fourth-order valence-electron chi connectivity index (χ4n) is 2.65. The minimum absolute atomic E-state index is 0.943. The van der Waals surface area contributed by atoms with Gasteiger partial charge in [-0.25, -0.2) is 0 Å². The maximum Gasteiger partial charge on any atom is -0.0383 e. The molecule has 2 aliphatic carbocycles. The van der Waals surface area contributed by atoms with E-state index in [0.717, 1.165) is 17.8 Å². The van der Waals surface area contributed by atoms with Gasteiger partial charge in [0, 0.05) is 0 Å². The van der Waals surface area contributed by atoms with E-state index in [0.29, 0.717) is 0 Å². The fraction of sp³-hybridized carbons (Fsp3) is 1.00. The van der Waals surface area contributed by atoms with Gasteiger partial charge in [-0.15, -0.1) is 0 Å². The van der Waals surface area contributed by atoms with Crippen molar-refractivity contribution in [1.82, 2.24) is 0 Å². The molecule has 0 saturated heterocycles. The zero-order valence-electron chi connectivity index (χ0n) is 7.84. The zero-order chi connectivity index (χ0) is 7.84. The van der Waals surface area contributed by atoms with Crippen LogP contribution in [-0.2, 0) is 0 Å². The molecule has 0 aromatic heterocycles. The van der Waals surface area contributed by atoms with E-state index in [1.54, 1.807) is 25.7 Å². The van der Waals surface area contributed by atoms with Crippen molar-refractivity contribution >= 4 is 0 Å². The summed E-state index contributed by atoms with van der Waals surface area (Å²) in [5.41, 5.74) is 0. The van der Waals surface area contributed by atoms with Gasteiger partial charge in [-0.05, 0) is 55.8 Å². The van der Waals surface area contributed by atoms with Crippen LogP contribution in [0.25, 0.3) is 0 Å². The van der Waals surface area contributed by atoms with Gasteiger partial charge in [-0.3, -0.25) is 0 Å². The molecule has 0 aromatic carbocycles. The van der Waals surface area contributed by atoms with Gasteiger partial charge in [0.25, 0.3) is 0 Å². The van der Waals surface area contributed by atoms with E-state index >= 15 is 0 Å². The van der Waals surface area contributed by atoms with Crippen molar-refractivity contribution in [2.24, 2.45) is 23.7 Å². The van der Waals surface area contributed by atoms with Gasteiger partial charge in [0.2, 0.25) is 0 Å². The Morgan fingerprint density at radius 3 is 2.00 bits per heavy atom. The first-order chi connectivity index (χ1) is 5.27. The molecule has 11 heavy (non-hydrogen) atoms. The van der Waals surface area contributed by atoms with E-state index in [1.165, 1.54) is 12.3 Å². The Bertz CT molecular complexity index is 125. The van der Waals surface area contributed by atoms with Crippen LogP contribution >= 0.6 is 0 Å². The van der Waals surface area contributed by atoms with Gasteiger partial charge in [0.05, 0.1) is 0 Å². The molecule has 0 spiro atoms. The Kier molecular flexibility index (Phi) is 1.95. The highest BCUT2D eigenvalue weighted by molar-refractivity contribution is 4.88. The first-order valence-electron chi connectivity index (χ1n) is 5.27. The summed E-state index contributed by atoms with van der Waals surface area (Å²) in [4.78, 5) is 0. The van der Waals surface area contributed by atoms with E-state index in [-0.39, 0.29) is 0 Å². The second-order valence-electron chi connectivity index (χ2n) is 4.91. The van der Waals surface area contributed by atoms with Crippen LogP contribution in [0.15, 0.2) is 0 Å². The third-order valence-corrected chi connectivity index (χ3v) is 3.75. The standard InChI is InChI=1S/C11H20/c1-8(2)10-5-6-11(7-10)9-3-4-9/h8-11H,3-7H2,1-2H3. The minimum atomic E-state index is 0.943. The molecule has 0 heteroatoms. The predicted molar refractivity (Wildman–Crippen MR) is 48.4 cm³/mol. The largest absolute Gasteiger partial charge is 0.0625 e. The summed E-state index contributed by atoms with van der Waals surface area (Å²) in [6.45, 7) is 4.78. The molecule has 0 heterocycles. The van der Waals surface area contributed by atoms with Gasteiger partial charge in [0.15, 0.2) is 0 Å². The van der Waals surface area contributed by atoms with Crippen molar-refractivity contribution in [3.05, 3.63) is 0 Å². The van der Waals surface area contributed by atoms with Crippen molar-refractivity contribution in [2.45, 2.75) is 46.0 Å². The highest BCUT2D eigenvalue weighted by atomic mass is 14.4. The summed E-state index contributed by atoms with van der Waals surface area (Å²) < 4.78 is 0. The van der Waals surface area contributed by atoms with E-state index in [4.69, 9.17) is 0 Å². The van der Waals surface area contributed by atoms with Crippen LogP contribution in [0.4, 0.5) is 0 Å². The Labute approximate surface area is 70.4 Å². The third kappa shape index (κ3) is 1.60. The normalized spacial score (nSPS) is 38.5. The van der Waals surface area contributed by atoms with E-state index in [2.05, 4.69) is 13.8 Å². The maximum atomic E-state index is 2.39. The van der Waals surface area contributed by atoms with E-state index < -0.39 is 0 Å². The lowest BCUT2D eigenvalue weighted by molar-refractivity contribution is 0.367. The molecule has 2 atom stereocenters.